The summed E-state index contributed by atoms with van der Waals surface area (Å²) in [4.78, 5) is 12.4. The van der Waals surface area contributed by atoms with E-state index in [9.17, 15) is 13.2 Å². The molecule has 0 aliphatic heterocycles. The number of carbonyl (C=O) groups excluding carboxylic acids is 1. The highest BCUT2D eigenvalue weighted by Gasteiger charge is 2.24. The lowest BCUT2D eigenvalue weighted by atomic mass is 10.1. The van der Waals surface area contributed by atoms with Crippen molar-refractivity contribution in [2.24, 2.45) is 0 Å². The largest absolute Gasteiger partial charge is 0.497 e. The Hall–Kier alpha value is -2.94. The number of benzene rings is 2. The number of sulfonamides is 1. The maximum Gasteiger partial charge on any atom is 0.240 e. The molecule has 0 aromatic heterocycles. The van der Waals surface area contributed by atoms with Crippen molar-refractivity contribution < 1.29 is 27.4 Å². The third-order valence-electron chi connectivity index (χ3n) is 4.24. The highest BCUT2D eigenvalue weighted by atomic mass is 32.2. The summed E-state index contributed by atoms with van der Waals surface area (Å²) in [6.07, 6.45) is 1.65. The average molecular weight is 423 g/mol. The normalized spacial score (nSPS) is 10.9. The van der Waals surface area contributed by atoms with Gasteiger partial charge in [-0.1, -0.05) is 12.1 Å². The Morgan fingerprint density at radius 3 is 2.14 bits per heavy atom. The second kappa shape index (κ2) is 10.0. The monoisotopic (exact) mass is 422 g/mol. The van der Waals surface area contributed by atoms with E-state index in [-0.39, 0.29) is 12.2 Å². The smallest absolute Gasteiger partial charge is 0.240 e. The Labute approximate surface area is 171 Å². The van der Waals surface area contributed by atoms with Crippen LogP contribution in [0.1, 0.15) is 5.56 Å². The number of rotatable bonds is 10. The Morgan fingerprint density at radius 2 is 1.59 bits per heavy atom. The maximum absolute atomic E-state index is 12.4. The van der Waals surface area contributed by atoms with Gasteiger partial charge in [-0.25, -0.2) is 8.42 Å². The Bertz CT molecular complexity index is 928. The lowest BCUT2D eigenvalue weighted by Gasteiger charge is -2.24. The van der Waals surface area contributed by atoms with E-state index in [4.69, 9.17) is 14.2 Å². The van der Waals surface area contributed by atoms with Crippen LogP contribution in [-0.2, 0) is 21.2 Å². The van der Waals surface area contributed by atoms with Crippen molar-refractivity contribution in [1.29, 1.82) is 0 Å². The molecule has 0 radical (unpaired) electrons. The number of anilines is 1. The minimum absolute atomic E-state index is 0.265. The number of hydrogen-bond acceptors (Lipinski definition) is 6. The van der Waals surface area contributed by atoms with Gasteiger partial charge in [0.05, 0.1) is 33.3 Å². The van der Waals surface area contributed by atoms with E-state index in [0.29, 0.717) is 24.5 Å². The van der Waals surface area contributed by atoms with E-state index >= 15 is 0 Å². The van der Waals surface area contributed by atoms with Crippen LogP contribution in [0.15, 0.2) is 42.5 Å². The molecule has 0 spiro atoms. The van der Waals surface area contributed by atoms with Gasteiger partial charge < -0.3 is 19.5 Å². The molecule has 1 amide bonds. The summed E-state index contributed by atoms with van der Waals surface area (Å²) in [5, 5.41) is 2.75. The summed E-state index contributed by atoms with van der Waals surface area (Å²) < 4.78 is 41.1. The molecule has 158 valence electrons. The van der Waals surface area contributed by atoms with Gasteiger partial charge in [0.2, 0.25) is 15.9 Å². The molecule has 9 heteroatoms. The fourth-order valence-electron chi connectivity index (χ4n) is 2.70. The van der Waals surface area contributed by atoms with Crippen LogP contribution in [0.5, 0.6) is 17.2 Å². The summed E-state index contributed by atoms with van der Waals surface area (Å²) in [5.41, 5.74) is 1.30. The fourth-order valence-corrected chi connectivity index (χ4v) is 3.56. The minimum atomic E-state index is -3.71. The molecule has 29 heavy (non-hydrogen) atoms. The zero-order valence-electron chi connectivity index (χ0n) is 17.0. The molecular weight excluding hydrogens is 396 g/mol. The van der Waals surface area contributed by atoms with Crippen LogP contribution >= 0.6 is 0 Å². The average Bonchev–Trinajstić information content (AvgIpc) is 2.71. The van der Waals surface area contributed by atoms with Crippen LogP contribution in [-0.4, -0.2) is 55.0 Å². The standard InChI is InChI=1S/C20H26N2O6S/c1-26-16-7-5-15(6-8-16)11-12-21-20(23)14-22(29(4,24)25)18-10-9-17(27-2)13-19(18)28-3/h5-10,13H,11-12,14H2,1-4H3,(H,21,23). The van der Waals surface area contributed by atoms with Gasteiger partial charge in [0.1, 0.15) is 23.8 Å². The molecule has 1 N–H and O–H groups in total. The van der Waals surface area contributed by atoms with Crippen LogP contribution in [0.25, 0.3) is 0 Å². The van der Waals surface area contributed by atoms with E-state index in [1.165, 1.54) is 14.2 Å². The lowest BCUT2D eigenvalue weighted by Crippen LogP contribution is -2.41. The molecule has 2 aromatic carbocycles. The van der Waals surface area contributed by atoms with Crippen LogP contribution in [0.4, 0.5) is 5.69 Å². The Balaban J connectivity index is 2.05. The molecule has 2 aromatic rings. The van der Waals surface area contributed by atoms with Gasteiger partial charge in [-0.05, 0) is 36.2 Å². The molecule has 0 saturated heterocycles. The van der Waals surface area contributed by atoms with Gasteiger partial charge in [-0.15, -0.1) is 0 Å². The zero-order chi connectivity index (χ0) is 21.4. The van der Waals surface area contributed by atoms with Gasteiger partial charge >= 0.3 is 0 Å². The zero-order valence-corrected chi connectivity index (χ0v) is 17.8. The summed E-state index contributed by atoms with van der Waals surface area (Å²) in [7, 11) is 0.809. The van der Waals surface area contributed by atoms with Gasteiger partial charge in [-0.3, -0.25) is 9.10 Å². The molecule has 0 aliphatic carbocycles. The summed E-state index contributed by atoms with van der Waals surface area (Å²) >= 11 is 0. The third kappa shape index (κ3) is 6.28. The second-order valence-electron chi connectivity index (χ2n) is 6.26. The van der Waals surface area contributed by atoms with Crippen molar-refractivity contribution >= 4 is 21.6 Å². The van der Waals surface area contributed by atoms with E-state index in [1.807, 2.05) is 24.3 Å². The van der Waals surface area contributed by atoms with Crippen LogP contribution in [0.2, 0.25) is 0 Å². The summed E-state index contributed by atoms with van der Waals surface area (Å²) in [6, 6.07) is 12.2. The number of carbonyl (C=O) groups is 1. The minimum Gasteiger partial charge on any atom is -0.497 e. The lowest BCUT2D eigenvalue weighted by molar-refractivity contribution is -0.119. The molecule has 0 atom stereocenters. The first kappa shape index (κ1) is 22.4. The van der Waals surface area contributed by atoms with E-state index in [0.717, 1.165) is 21.9 Å². The molecule has 8 nitrogen and oxygen atoms in total. The molecular formula is C20H26N2O6S. The molecule has 0 bridgehead atoms. The van der Waals surface area contributed by atoms with Crippen LogP contribution in [0, 0.1) is 0 Å². The maximum atomic E-state index is 12.4. The number of nitrogens with zero attached hydrogens (tertiary/aromatic N) is 1. The van der Waals surface area contributed by atoms with Crippen molar-refractivity contribution in [3.05, 3.63) is 48.0 Å². The Morgan fingerprint density at radius 1 is 0.966 bits per heavy atom. The summed E-state index contributed by atoms with van der Waals surface area (Å²) in [5.74, 6) is 1.15. The second-order valence-corrected chi connectivity index (χ2v) is 8.16. The van der Waals surface area contributed by atoms with Crippen molar-refractivity contribution in [2.45, 2.75) is 6.42 Å². The fraction of sp³-hybridized carbons (Fsp3) is 0.350. The van der Waals surface area contributed by atoms with Crippen molar-refractivity contribution in [2.75, 3.05) is 45.0 Å². The van der Waals surface area contributed by atoms with Gasteiger partial charge in [0.25, 0.3) is 0 Å². The predicted octanol–water partition coefficient (Wildman–Crippen LogP) is 1.84. The number of methoxy groups -OCH3 is 3. The highest BCUT2D eigenvalue weighted by molar-refractivity contribution is 7.92. The SMILES string of the molecule is COc1ccc(CCNC(=O)CN(c2ccc(OC)cc2OC)S(C)(=O)=O)cc1. The van der Waals surface area contributed by atoms with Gasteiger partial charge in [0, 0.05) is 12.6 Å². The third-order valence-corrected chi connectivity index (χ3v) is 5.36. The molecule has 0 unspecified atom stereocenters. The van der Waals surface area contributed by atoms with Crippen molar-refractivity contribution in [3.63, 3.8) is 0 Å². The topological polar surface area (TPSA) is 94.2 Å². The van der Waals surface area contributed by atoms with Crippen LogP contribution < -0.4 is 23.8 Å². The Kier molecular flexibility index (Phi) is 7.72. The van der Waals surface area contributed by atoms with E-state index in [1.54, 1.807) is 25.3 Å². The number of nitrogens with one attached hydrogen (secondary N) is 1. The first-order valence-electron chi connectivity index (χ1n) is 8.88. The number of ether oxygens (including phenoxy) is 3. The van der Waals surface area contributed by atoms with Crippen LogP contribution in [0.3, 0.4) is 0 Å². The van der Waals surface area contributed by atoms with E-state index in [2.05, 4.69) is 5.32 Å². The summed E-state index contributed by atoms with van der Waals surface area (Å²) in [6.45, 7) is 0.0205. The first-order chi connectivity index (χ1) is 13.8. The van der Waals surface area contributed by atoms with Gasteiger partial charge in [-0.2, -0.15) is 0 Å². The van der Waals surface area contributed by atoms with Crippen molar-refractivity contribution in [3.8, 4) is 17.2 Å². The molecule has 0 aliphatic rings. The highest BCUT2D eigenvalue weighted by Crippen LogP contribution is 2.33. The number of amides is 1. The van der Waals surface area contributed by atoms with Crippen molar-refractivity contribution in [1.82, 2.24) is 5.32 Å². The van der Waals surface area contributed by atoms with Gasteiger partial charge in [0.15, 0.2) is 0 Å². The van der Waals surface area contributed by atoms with E-state index < -0.39 is 15.9 Å². The predicted molar refractivity (Wildman–Crippen MR) is 111 cm³/mol. The quantitative estimate of drug-likeness (QED) is 0.628. The number of hydrogen-bond donors (Lipinski definition) is 1. The molecule has 2 rings (SSSR count). The molecule has 0 heterocycles. The molecule has 0 fully saturated rings. The first-order valence-corrected chi connectivity index (χ1v) is 10.7. The molecule has 0 saturated carbocycles.